The Hall–Kier alpha value is -0.0400. The highest BCUT2D eigenvalue weighted by Gasteiger charge is 2.35. The average Bonchev–Trinajstić information content (AvgIpc) is 2.70. The summed E-state index contributed by atoms with van der Waals surface area (Å²) in [6.45, 7) is 5.63. The molecule has 0 aromatic rings. The van der Waals surface area contributed by atoms with Gasteiger partial charge in [0, 0.05) is 6.61 Å². The highest BCUT2D eigenvalue weighted by Crippen LogP contribution is 2.45. The van der Waals surface area contributed by atoms with Crippen molar-refractivity contribution in [2.45, 2.75) is 123 Å². The average molecular weight is 363 g/mol. The molecule has 0 radical (unpaired) electrons. The second kappa shape index (κ2) is 11.1. The van der Waals surface area contributed by atoms with Gasteiger partial charge in [-0.1, -0.05) is 52.4 Å². The Morgan fingerprint density at radius 2 is 1.27 bits per heavy atom. The molecule has 0 heterocycles. The molecule has 0 aliphatic heterocycles. The van der Waals surface area contributed by atoms with Crippen LogP contribution in [0, 0.1) is 29.6 Å². The molecule has 3 saturated carbocycles. The van der Waals surface area contributed by atoms with Crippen LogP contribution in [0.5, 0.6) is 0 Å². The number of hydrogen-bond acceptors (Lipinski definition) is 1. The lowest BCUT2D eigenvalue weighted by Crippen LogP contribution is -2.32. The van der Waals surface area contributed by atoms with Crippen LogP contribution in [0.25, 0.3) is 0 Å². The van der Waals surface area contributed by atoms with E-state index in [9.17, 15) is 0 Å². The van der Waals surface area contributed by atoms with E-state index < -0.39 is 0 Å². The van der Waals surface area contributed by atoms with E-state index in [4.69, 9.17) is 4.74 Å². The van der Waals surface area contributed by atoms with E-state index in [2.05, 4.69) is 13.8 Å². The van der Waals surface area contributed by atoms with Gasteiger partial charge in [0.2, 0.25) is 0 Å². The second-order valence-corrected chi connectivity index (χ2v) is 10.0. The van der Waals surface area contributed by atoms with Crippen molar-refractivity contribution in [3.05, 3.63) is 0 Å². The largest absolute Gasteiger partial charge is 0.378 e. The minimum absolute atomic E-state index is 0.590. The lowest BCUT2D eigenvalue weighted by atomic mass is 9.65. The van der Waals surface area contributed by atoms with Crippen LogP contribution >= 0.6 is 0 Å². The van der Waals surface area contributed by atoms with Gasteiger partial charge in [0.15, 0.2) is 0 Å². The Bertz CT molecular complexity index is 362. The highest BCUT2D eigenvalue weighted by molar-refractivity contribution is 4.86. The van der Waals surface area contributed by atoms with Gasteiger partial charge < -0.3 is 4.74 Å². The first-order valence-electron chi connectivity index (χ1n) is 12.4. The molecule has 0 saturated heterocycles. The summed E-state index contributed by atoms with van der Waals surface area (Å²) in [4.78, 5) is 0. The molecule has 0 aromatic carbocycles. The maximum absolute atomic E-state index is 6.19. The molecule has 0 spiro atoms. The zero-order valence-electron chi connectivity index (χ0n) is 17.9. The van der Waals surface area contributed by atoms with Gasteiger partial charge in [-0.05, 0) is 93.8 Å². The van der Waals surface area contributed by atoms with Gasteiger partial charge in [0.1, 0.15) is 0 Å². The summed E-state index contributed by atoms with van der Waals surface area (Å²) in [6.07, 6.45) is 23.9. The van der Waals surface area contributed by atoms with Crippen LogP contribution in [0.15, 0.2) is 0 Å². The molecular formula is C25H46O. The zero-order valence-corrected chi connectivity index (χ0v) is 17.9. The van der Waals surface area contributed by atoms with Crippen molar-refractivity contribution in [3.8, 4) is 0 Å². The summed E-state index contributed by atoms with van der Waals surface area (Å²) < 4.78 is 6.19. The molecule has 3 aliphatic rings. The quantitative estimate of drug-likeness (QED) is 0.401. The number of hydrogen-bond donors (Lipinski definition) is 0. The standard InChI is InChI=1S/C25H46O/c1-3-5-18-26-25-9-6-8-24(19-25)23-16-14-22(15-17-23)21-12-10-20(7-4-2)11-13-21/h20-25H,3-19H2,1-2H3. The van der Waals surface area contributed by atoms with Crippen molar-refractivity contribution < 1.29 is 4.74 Å². The van der Waals surface area contributed by atoms with E-state index in [1.807, 2.05) is 0 Å². The van der Waals surface area contributed by atoms with Gasteiger partial charge in [-0.25, -0.2) is 0 Å². The van der Waals surface area contributed by atoms with Crippen LogP contribution in [-0.2, 0) is 4.74 Å². The molecule has 1 nitrogen and oxygen atoms in total. The molecule has 0 amide bonds. The van der Waals surface area contributed by atoms with Gasteiger partial charge in [-0.3, -0.25) is 0 Å². The van der Waals surface area contributed by atoms with E-state index in [0.717, 1.165) is 36.2 Å². The van der Waals surface area contributed by atoms with Crippen molar-refractivity contribution in [1.82, 2.24) is 0 Å². The van der Waals surface area contributed by atoms with E-state index in [1.54, 1.807) is 25.7 Å². The first-order chi connectivity index (χ1) is 12.8. The summed E-state index contributed by atoms with van der Waals surface area (Å²) >= 11 is 0. The maximum Gasteiger partial charge on any atom is 0.0577 e. The summed E-state index contributed by atoms with van der Waals surface area (Å²) in [5.41, 5.74) is 0. The van der Waals surface area contributed by atoms with Crippen LogP contribution in [0.2, 0.25) is 0 Å². The van der Waals surface area contributed by atoms with Crippen molar-refractivity contribution in [3.63, 3.8) is 0 Å². The van der Waals surface area contributed by atoms with Gasteiger partial charge in [-0.2, -0.15) is 0 Å². The lowest BCUT2D eigenvalue weighted by Gasteiger charge is -2.41. The smallest absolute Gasteiger partial charge is 0.0577 e. The number of rotatable bonds is 8. The minimum atomic E-state index is 0.590. The van der Waals surface area contributed by atoms with Crippen molar-refractivity contribution in [1.29, 1.82) is 0 Å². The SMILES string of the molecule is CCCCOC1CCCC(C2CCC(C3CCC(CCC)CC3)CC2)C1. The number of unbranched alkanes of at least 4 members (excludes halogenated alkanes) is 1. The molecule has 3 aliphatic carbocycles. The molecule has 0 bridgehead atoms. The molecule has 152 valence electrons. The van der Waals surface area contributed by atoms with Gasteiger partial charge >= 0.3 is 0 Å². The monoisotopic (exact) mass is 362 g/mol. The van der Waals surface area contributed by atoms with Crippen molar-refractivity contribution in [2.24, 2.45) is 29.6 Å². The first-order valence-corrected chi connectivity index (χ1v) is 12.4. The molecule has 2 unspecified atom stereocenters. The van der Waals surface area contributed by atoms with Crippen LogP contribution in [0.3, 0.4) is 0 Å². The number of ether oxygens (including phenoxy) is 1. The van der Waals surface area contributed by atoms with Crippen molar-refractivity contribution in [2.75, 3.05) is 6.61 Å². The van der Waals surface area contributed by atoms with Gasteiger partial charge in [-0.15, -0.1) is 0 Å². The Labute approximate surface area is 164 Å². The van der Waals surface area contributed by atoms with E-state index in [-0.39, 0.29) is 0 Å². The fourth-order valence-corrected chi connectivity index (χ4v) is 6.60. The van der Waals surface area contributed by atoms with E-state index in [0.29, 0.717) is 6.10 Å². The Morgan fingerprint density at radius 1 is 0.654 bits per heavy atom. The normalized spacial score (nSPS) is 39.0. The van der Waals surface area contributed by atoms with Crippen molar-refractivity contribution >= 4 is 0 Å². The maximum atomic E-state index is 6.19. The Balaban J connectivity index is 1.37. The third kappa shape index (κ3) is 5.98. The van der Waals surface area contributed by atoms with E-state index in [1.165, 1.54) is 77.0 Å². The van der Waals surface area contributed by atoms with Crippen LogP contribution < -0.4 is 0 Å². The minimum Gasteiger partial charge on any atom is -0.378 e. The fourth-order valence-electron chi connectivity index (χ4n) is 6.60. The molecule has 3 rings (SSSR count). The van der Waals surface area contributed by atoms with E-state index >= 15 is 0 Å². The summed E-state index contributed by atoms with van der Waals surface area (Å²) in [5, 5.41) is 0. The lowest BCUT2D eigenvalue weighted by molar-refractivity contribution is -0.00500. The van der Waals surface area contributed by atoms with Gasteiger partial charge in [0.25, 0.3) is 0 Å². The zero-order chi connectivity index (χ0) is 18.2. The van der Waals surface area contributed by atoms with Crippen LogP contribution in [0.1, 0.15) is 117 Å². The fraction of sp³-hybridized carbons (Fsp3) is 1.00. The van der Waals surface area contributed by atoms with Crippen LogP contribution in [-0.4, -0.2) is 12.7 Å². The third-order valence-electron chi connectivity index (χ3n) is 8.26. The molecular weight excluding hydrogens is 316 g/mol. The Kier molecular flexibility index (Phi) is 8.82. The molecule has 0 aromatic heterocycles. The molecule has 1 heteroatoms. The predicted octanol–water partition coefficient (Wildman–Crippen LogP) is 7.77. The van der Waals surface area contributed by atoms with Gasteiger partial charge in [0.05, 0.1) is 6.10 Å². The third-order valence-corrected chi connectivity index (χ3v) is 8.26. The Morgan fingerprint density at radius 3 is 1.88 bits per heavy atom. The summed E-state index contributed by atoms with van der Waals surface area (Å²) in [5.74, 6) is 5.24. The molecule has 0 N–H and O–H groups in total. The second-order valence-electron chi connectivity index (χ2n) is 10.0. The highest BCUT2D eigenvalue weighted by atomic mass is 16.5. The van der Waals surface area contributed by atoms with Crippen LogP contribution in [0.4, 0.5) is 0 Å². The summed E-state index contributed by atoms with van der Waals surface area (Å²) in [7, 11) is 0. The topological polar surface area (TPSA) is 9.23 Å². The summed E-state index contributed by atoms with van der Waals surface area (Å²) in [6, 6.07) is 0. The molecule has 26 heavy (non-hydrogen) atoms. The first kappa shape index (κ1) is 20.7. The molecule has 2 atom stereocenters. The molecule has 3 fully saturated rings. The predicted molar refractivity (Wildman–Crippen MR) is 112 cm³/mol.